The number of primary amides is 1. The predicted molar refractivity (Wildman–Crippen MR) is 67.4 cm³/mol. The van der Waals surface area contributed by atoms with E-state index in [4.69, 9.17) is 5.73 Å². The Bertz CT molecular complexity index is 405. The lowest BCUT2D eigenvalue weighted by Crippen LogP contribution is -2.56. The van der Waals surface area contributed by atoms with Crippen LogP contribution in [0.15, 0.2) is 24.3 Å². The second kappa shape index (κ2) is 5.29. The molecule has 4 heteroatoms. The Labute approximate surface area is 102 Å². The summed E-state index contributed by atoms with van der Waals surface area (Å²) in [5.74, 6) is -0.245. The first-order valence-corrected chi connectivity index (χ1v) is 5.97. The average molecular weight is 233 g/mol. The van der Waals surface area contributed by atoms with E-state index in [-0.39, 0.29) is 11.9 Å². The number of hydrogen-bond donors (Lipinski definition) is 2. The number of aryl methyl sites for hydroxylation is 1. The van der Waals surface area contributed by atoms with Crippen molar-refractivity contribution in [3.63, 3.8) is 0 Å². The minimum atomic E-state index is -0.245. The first kappa shape index (κ1) is 12.1. The fraction of sp³-hybridized carbons (Fsp3) is 0.462. The highest BCUT2D eigenvalue weighted by atomic mass is 16.1. The van der Waals surface area contributed by atoms with Gasteiger partial charge >= 0.3 is 0 Å². The molecule has 2 rings (SSSR count). The van der Waals surface area contributed by atoms with Crippen LogP contribution in [0.1, 0.15) is 11.1 Å². The van der Waals surface area contributed by atoms with Crippen molar-refractivity contribution >= 4 is 5.91 Å². The summed E-state index contributed by atoms with van der Waals surface area (Å²) in [4.78, 5) is 13.5. The topological polar surface area (TPSA) is 58.4 Å². The lowest BCUT2D eigenvalue weighted by molar-refractivity contribution is -0.124. The quantitative estimate of drug-likeness (QED) is 0.787. The van der Waals surface area contributed by atoms with Gasteiger partial charge in [0.1, 0.15) is 6.04 Å². The zero-order valence-electron chi connectivity index (χ0n) is 10.1. The maximum atomic E-state index is 11.4. The molecule has 0 saturated carbocycles. The van der Waals surface area contributed by atoms with Crippen molar-refractivity contribution in [3.05, 3.63) is 35.4 Å². The van der Waals surface area contributed by atoms with Crippen LogP contribution >= 0.6 is 0 Å². The van der Waals surface area contributed by atoms with Gasteiger partial charge in [-0.1, -0.05) is 24.3 Å². The summed E-state index contributed by atoms with van der Waals surface area (Å²) in [6.45, 7) is 5.32. The number of benzene rings is 1. The Morgan fingerprint density at radius 2 is 2.29 bits per heavy atom. The highest BCUT2D eigenvalue weighted by molar-refractivity contribution is 5.80. The van der Waals surface area contributed by atoms with Gasteiger partial charge in [-0.2, -0.15) is 0 Å². The Kier molecular flexibility index (Phi) is 3.76. The van der Waals surface area contributed by atoms with Gasteiger partial charge in [0.05, 0.1) is 0 Å². The summed E-state index contributed by atoms with van der Waals surface area (Å²) in [5, 5.41) is 3.20. The summed E-state index contributed by atoms with van der Waals surface area (Å²) in [6.07, 6.45) is 0. The number of nitrogens with one attached hydrogen (secondary N) is 1. The molecule has 1 aliphatic heterocycles. The van der Waals surface area contributed by atoms with Crippen molar-refractivity contribution < 1.29 is 4.79 Å². The van der Waals surface area contributed by atoms with Crippen molar-refractivity contribution in [1.29, 1.82) is 0 Å². The molecule has 1 amide bonds. The number of nitrogens with zero attached hydrogens (tertiary/aromatic N) is 1. The van der Waals surface area contributed by atoms with Gasteiger partial charge in [-0.3, -0.25) is 9.69 Å². The van der Waals surface area contributed by atoms with Gasteiger partial charge in [0, 0.05) is 26.2 Å². The van der Waals surface area contributed by atoms with E-state index in [9.17, 15) is 4.79 Å². The van der Waals surface area contributed by atoms with Crippen LogP contribution in [0, 0.1) is 6.92 Å². The van der Waals surface area contributed by atoms with Crippen LogP contribution in [0.4, 0.5) is 0 Å². The first-order chi connectivity index (χ1) is 8.18. The van der Waals surface area contributed by atoms with Gasteiger partial charge in [0.2, 0.25) is 5.91 Å². The zero-order chi connectivity index (χ0) is 12.3. The molecule has 1 saturated heterocycles. The molecule has 0 radical (unpaired) electrons. The number of nitrogens with two attached hydrogens (primary N) is 1. The van der Waals surface area contributed by atoms with Gasteiger partial charge in [0.25, 0.3) is 0 Å². The molecule has 1 fully saturated rings. The molecule has 1 unspecified atom stereocenters. The number of rotatable bonds is 3. The Hall–Kier alpha value is -1.39. The summed E-state index contributed by atoms with van der Waals surface area (Å²) in [7, 11) is 0. The van der Waals surface area contributed by atoms with Crippen LogP contribution in [-0.2, 0) is 11.3 Å². The molecule has 1 heterocycles. The molecule has 1 aromatic carbocycles. The summed E-state index contributed by atoms with van der Waals surface area (Å²) < 4.78 is 0. The van der Waals surface area contributed by atoms with Crippen molar-refractivity contribution in [3.8, 4) is 0 Å². The lowest BCUT2D eigenvalue weighted by Gasteiger charge is -2.34. The van der Waals surface area contributed by atoms with Crippen molar-refractivity contribution in [2.75, 3.05) is 19.6 Å². The van der Waals surface area contributed by atoms with Gasteiger partial charge in [-0.25, -0.2) is 0 Å². The molecule has 17 heavy (non-hydrogen) atoms. The van der Waals surface area contributed by atoms with E-state index in [1.807, 2.05) is 12.1 Å². The third-order valence-corrected chi connectivity index (χ3v) is 3.32. The molecular weight excluding hydrogens is 214 g/mol. The Morgan fingerprint density at radius 1 is 1.53 bits per heavy atom. The number of amides is 1. The van der Waals surface area contributed by atoms with E-state index in [2.05, 4.69) is 29.3 Å². The molecule has 1 aliphatic rings. The average Bonchev–Trinajstić information content (AvgIpc) is 2.32. The zero-order valence-corrected chi connectivity index (χ0v) is 10.1. The van der Waals surface area contributed by atoms with E-state index in [0.29, 0.717) is 6.54 Å². The fourth-order valence-electron chi connectivity index (χ4n) is 2.22. The Balaban J connectivity index is 2.11. The van der Waals surface area contributed by atoms with Crippen LogP contribution < -0.4 is 11.1 Å². The molecule has 0 bridgehead atoms. The van der Waals surface area contributed by atoms with E-state index in [0.717, 1.165) is 19.6 Å². The van der Waals surface area contributed by atoms with Crippen molar-refractivity contribution in [2.24, 2.45) is 5.73 Å². The van der Waals surface area contributed by atoms with Crippen LogP contribution in [-0.4, -0.2) is 36.5 Å². The third kappa shape index (κ3) is 2.84. The third-order valence-electron chi connectivity index (χ3n) is 3.32. The van der Waals surface area contributed by atoms with Gasteiger partial charge in [0.15, 0.2) is 0 Å². The number of hydrogen-bond acceptors (Lipinski definition) is 3. The molecule has 0 spiro atoms. The summed E-state index contributed by atoms with van der Waals surface area (Å²) >= 11 is 0. The van der Waals surface area contributed by atoms with E-state index in [1.165, 1.54) is 11.1 Å². The van der Waals surface area contributed by atoms with Gasteiger partial charge in [-0.15, -0.1) is 0 Å². The molecule has 3 N–H and O–H groups in total. The van der Waals surface area contributed by atoms with E-state index < -0.39 is 0 Å². The SMILES string of the molecule is Cc1ccccc1CN1CCNCC1C(N)=O. The number of carbonyl (C=O) groups is 1. The highest BCUT2D eigenvalue weighted by Crippen LogP contribution is 2.13. The smallest absolute Gasteiger partial charge is 0.236 e. The molecule has 0 aromatic heterocycles. The predicted octanol–water partition coefficient (Wildman–Crippen LogP) is 0.254. The largest absolute Gasteiger partial charge is 0.368 e. The maximum Gasteiger partial charge on any atom is 0.236 e. The lowest BCUT2D eigenvalue weighted by atomic mass is 10.1. The fourth-order valence-corrected chi connectivity index (χ4v) is 2.22. The highest BCUT2D eigenvalue weighted by Gasteiger charge is 2.26. The van der Waals surface area contributed by atoms with E-state index in [1.54, 1.807) is 0 Å². The van der Waals surface area contributed by atoms with Crippen LogP contribution in [0.25, 0.3) is 0 Å². The molecule has 92 valence electrons. The molecule has 4 nitrogen and oxygen atoms in total. The van der Waals surface area contributed by atoms with Crippen LogP contribution in [0.5, 0.6) is 0 Å². The summed E-state index contributed by atoms with van der Waals surface area (Å²) in [5.41, 5.74) is 7.95. The first-order valence-electron chi connectivity index (χ1n) is 5.97. The number of carbonyl (C=O) groups excluding carboxylic acids is 1. The van der Waals surface area contributed by atoms with Gasteiger partial charge < -0.3 is 11.1 Å². The minimum Gasteiger partial charge on any atom is -0.368 e. The summed E-state index contributed by atoms with van der Waals surface area (Å²) in [6, 6.07) is 8.07. The van der Waals surface area contributed by atoms with Crippen molar-refractivity contribution in [2.45, 2.75) is 19.5 Å². The Morgan fingerprint density at radius 3 is 3.00 bits per heavy atom. The minimum absolute atomic E-state index is 0.191. The number of piperazine rings is 1. The maximum absolute atomic E-state index is 11.4. The standard InChI is InChI=1S/C13H19N3O/c1-10-4-2-3-5-11(10)9-16-7-6-15-8-12(16)13(14)17/h2-5,12,15H,6-9H2,1H3,(H2,14,17). The van der Waals surface area contributed by atoms with Crippen LogP contribution in [0.3, 0.4) is 0 Å². The van der Waals surface area contributed by atoms with E-state index >= 15 is 0 Å². The van der Waals surface area contributed by atoms with Crippen LogP contribution in [0.2, 0.25) is 0 Å². The second-order valence-electron chi connectivity index (χ2n) is 4.52. The normalized spacial score (nSPS) is 21.4. The molecule has 1 atom stereocenters. The monoisotopic (exact) mass is 233 g/mol. The second-order valence-corrected chi connectivity index (χ2v) is 4.52. The molecular formula is C13H19N3O. The molecule has 1 aromatic rings. The molecule has 0 aliphatic carbocycles. The van der Waals surface area contributed by atoms with Crippen molar-refractivity contribution in [1.82, 2.24) is 10.2 Å². The van der Waals surface area contributed by atoms with Gasteiger partial charge in [-0.05, 0) is 18.1 Å².